The monoisotopic (exact) mass is 332 g/mol. The minimum Gasteiger partial charge on any atom is -0.470 e. The number of nitrogens with zero attached hydrogens (tertiary/aromatic N) is 4. The molecule has 23 heavy (non-hydrogen) atoms. The second-order valence-electron chi connectivity index (χ2n) is 5.59. The second-order valence-corrected chi connectivity index (χ2v) is 5.59. The number of alkyl halides is 3. The standard InChI is InChI=1S/C14H19F3N4O2/c1-20(2)12-13(19-6-5-18-12)23-10-4-3-7-21(9-10)11(22)8-14(15,16)17/h5-6,10H,3-4,7-9H2,1-2H3. The Morgan fingerprint density at radius 1 is 1.39 bits per heavy atom. The number of carbonyl (C=O) groups excluding carboxylic acids is 1. The van der Waals surface area contributed by atoms with Crippen LogP contribution in [0.3, 0.4) is 0 Å². The predicted molar refractivity (Wildman–Crippen MR) is 77.3 cm³/mol. The summed E-state index contributed by atoms with van der Waals surface area (Å²) in [5.41, 5.74) is 0. The van der Waals surface area contributed by atoms with Crippen LogP contribution in [-0.2, 0) is 4.79 Å². The molecule has 1 aromatic heterocycles. The third kappa shape index (κ3) is 4.97. The molecule has 0 bridgehead atoms. The maximum Gasteiger partial charge on any atom is 0.397 e. The van der Waals surface area contributed by atoms with Gasteiger partial charge in [-0.15, -0.1) is 0 Å². The normalized spacial score (nSPS) is 18.7. The van der Waals surface area contributed by atoms with E-state index in [0.29, 0.717) is 31.1 Å². The summed E-state index contributed by atoms with van der Waals surface area (Å²) < 4.78 is 42.8. The zero-order valence-electron chi connectivity index (χ0n) is 13.0. The van der Waals surface area contributed by atoms with Crippen LogP contribution in [-0.4, -0.2) is 60.2 Å². The highest BCUT2D eigenvalue weighted by molar-refractivity contribution is 5.77. The highest BCUT2D eigenvalue weighted by atomic mass is 19.4. The van der Waals surface area contributed by atoms with E-state index in [4.69, 9.17) is 4.74 Å². The zero-order chi connectivity index (χ0) is 17.0. The fourth-order valence-electron chi connectivity index (χ4n) is 2.41. The van der Waals surface area contributed by atoms with Crippen molar-refractivity contribution >= 4 is 11.7 Å². The Morgan fingerprint density at radius 2 is 2.09 bits per heavy atom. The number of amides is 1. The van der Waals surface area contributed by atoms with Gasteiger partial charge < -0.3 is 14.5 Å². The van der Waals surface area contributed by atoms with Gasteiger partial charge in [0.05, 0.1) is 6.54 Å². The molecule has 128 valence electrons. The Balaban J connectivity index is 2.01. The van der Waals surface area contributed by atoms with Crippen LogP contribution in [0.25, 0.3) is 0 Å². The summed E-state index contributed by atoms with van der Waals surface area (Å²) in [5, 5.41) is 0. The number of rotatable bonds is 4. The van der Waals surface area contributed by atoms with Crippen molar-refractivity contribution in [2.45, 2.75) is 31.5 Å². The summed E-state index contributed by atoms with van der Waals surface area (Å²) in [7, 11) is 3.58. The molecule has 9 heteroatoms. The number of likely N-dealkylation sites (tertiary alicyclic amines) is 1. The largest absolute Gasteiger partial charge is 0.470 e. The van der Waals surface area contributed by atoms with E-state index in [2.05, 4.69) is 9.97 Å². The van der Waals surface area contributed by atoms with Gasteiger partial charge >= 0.3 is 6.18 Å². The number of halogens is 3. The van der Waals surface area contributed by atoms with Crippen molar-refractivity contribution in [1.29, 1.82) is 0 Å². The zero-order valence-corrected chi connectivity index (χ0v) is 13.0. The second kappa shape index (κ2) is 7.01. The summed E-state index contributed by atoms with van der Waals surface area (Å²) in [6.45, 7) is 0.439. The van der Waals surface area contributed by atoms with Crippen LogP contribution >= 0.6 is 0 Å². The van der Waals surface area contributed by atoms with Crippen LogP contribution in [0.15, 0.2) is 12.4 Å². The molecule has 0 radical (unpaired) electrons. The van der Waals surface area contributed by atoms with Gasteiger partial charge in [0.1, 0.15) is 12.5 Å². The third-order valence-electron chi connectivity index (χ3n) is 3.43. The number of anilines is 1. The molecule has 2 heterocycles. The molecule has 0 spiro atoms. The molecule has 6 nitrogen and oxygen atoms in total. The van der Waals surface area contributed by atoms with Gasteiger partial charge in [-0.3, -0.25) is 4.79 Å². The molecule has 0 N–H and O–H groups in total. The molecule has 1 fully saturated rings. The molecule has 1 saturated heterocycles. The molecule has 1 amide bonds. The smallest absolute Gasteiger partial charge is 0.397 e. The number of piperidine rings is 1. The van der Waals surface area contributed by atoms with Gasteiger partial charge in [-0.05, 0) is 12.8 Å². The van der Waals surface area contributed by atoms with Crippen molar-refractivity contribution in [3.8, 4) is 5.88 Å². The van der Waals surface area contributed by atoms with Gasteiger partial charge in [0, 0.05) is 33.0 Å². The molecule has 0 aromatic carbocycles. The lowest BCUT2D eigenvalue weighted by molar-refractivity contribution is -0.163. The van der Waals surface area contributed by atoms with Crippen molar-refractivity contribution in [1.82, 2.24) is 14.9 Å². The first-order valence-electron chi connectivity index (χ1n) is 7.26. The molecular formula is C14H19F3N4O2. The lowest BCUT2D eigenvalue weighted by Gasteiger charge is -2.33. The van der Waals surface area contributed by atoms with Gasteiger partial charge in [-0.25, -0.2) is 9.97 Å². The Labute approximate surface area is 132 Å². The van der Waals surface area contributed by atoms with Crippen LogP contribution in [0.1, 0.15) is 19.3 Å². The summed E-state index contributed by atoms with van der Waals surface area (Å²) in [6, 6.07) is 0. The van der Waals surface area contributed by atoms with Crippen molar-refractivity contribution in [3.05, 3.63) is 12.4 Å². The molecule has 0 aliphatic carbocycles. The van der Waals surface area contributed by atoms with Crippen molar-refractivity contribution in [2.75, 3.05) is 32.1 Å². The highest BCUT2D eigenvalue weighted by Crippen LogP contribution is 2.26. The Kier molecular flexibility index (Phi) is 5.27. The van der Waals surface area contributed by atoms with Crippen LogP contribution in [0, 0.1) is 0 Å². The fourth-order valence-corrected chi connectivity index (χ4v) is 2.41. The van der Waals surface area contributed by atoms with Crippen molar-refractivity contribution < 1.29 is 22.7 Å². The predicted octanol–water partition coefficient (Wildman–Crippen LogP) is 1.86. The van der Waals surface area contributed by atoms with Gasteiger partial charge in [0.25, 0.3) is 5.88 Å². The van der Waals surface area contributed by atoms with E-state index < -0.39 is 24.6 Å². The van der Waals surface area contributed by atoms with E-state index in [1.54, 1.807) is 19.0 Å². The lowest BCUT2D eigenvalue weighted by Crippen LogP contribution is -2.45. The van der Waals surface area contributed by atoms with Gasteiger partial charge in [0.15, 0.2) is 5.82 Å². The van der Waals surface area contributed by atoms with Gasteiger partial charge in [0.2, 0.25) is 5.91 Å². The Morgan fingerprint density at radius 3 is 2.74 bits per heavy atom. The summed E-state index contributed by atoms with van der Waals surface area (Å²) >= 11 is 0. The topological polar surface area (TPSA) is 58.6 Å². The van der Waals surface area contributed by atoms with E-state index in [-0.39, 0.29) is 6.54 Å². The van der Waals surface area contributed by atoms with Crippen LogP contribution in [0.2, 0.25) is 0 Å². The Hall–Kier alpha value is -2.06. The van der Waals surface area contributed by atoms with E-state index >= 15 is 0 Å². The number of ether oxygens (including phenoxy) is 1. The minimum absolute atomic E-state index is 0.123. The SMILES string of the molecule is CN(C)c1nccnc1OC1CCCN(C(=O)CC(F)(F)F)C1. The summed E-state index contributed by atoms with van der Waals surface area (Å²) in [5.74, 6) is -0.0726. The van der Waals surface area contributed by atoms with E-state index in [1.807, 2.05) is 0 Å². The van der Waals surface area contributed by atoms with E-state index in [0.717, 1.165) is 0 Å². The fraction of sp³-hybridized carbons (Fsp3) is 0.643. The molecule has 1 aliphatic heterocycles. The molecule has 2 rings (SSSR count). The van der Waals surface area contributed by atoms with Gasteiger partial charge in [-0.2, -0.15) is 13.2 Å². The van der Waals surface area contributed by atoms with Gasteiger partial charge in [-0.1, -0.05) is 0 Å². The highest BCUT2D eigenvalue weighted by Gasteiger charge is 2.35. The first kappa shape index (κ1) is 17.3. The maximum absolute atomic E-state index is 12.3. The van der Waals surface area contributed by atoms with E-state index in [9.17, 15) is 18.0 Å². The molecule has 0 saturated carbocycles. The van der Waals surface area contributed by atoms with Crippen molar-refractivity contribution in [2.24, 2.45) is 0 Å². The average molecular weight is 332 g/mol. The maximum atomic E-state index is 12.3. The van der Waals surface area contributed by atoms with Crippen LogP contribution in [0.4, 0.5) is 19.0 Å². The molecule has 1 atom stereocenters. The number of aromatic nitrogens is 2. The summed E-state index contributed by atoms with van der Waals surface area (Å²) in [4.78, 5) is 22.9. The number of carbonyl (C=O) groups is 1. The number of hydrogen-bond acceptors (Lipinski definition) is 5. The third-order valence-corrected chi connectivity index (χ3v) is 3.43. The number of hydrogen-bond donors (Lipinski definition) is 0. The first-order valence-corrected chi connectivity index (χ1v) is 7.26. The van der Waals surface area contributed by atoms with E-state index in [1.165, 1.54) is 17.3 Å². The van der Waals surface area contributed by atoms with Crippen molar-refractivity contribution in [3.63, 3.8) is 0 Å². The first-order chi connectivity index (χ1) is 10.8. The molecule has 1 aromatic rings. The molecule has 1 unspecified atom stereocenters. The summed E-state index contributed by atoms with van der Waals surface area (Å²) in [6.07, 6.45) is -2.07. The quantitative estimate of drug-likeness (QED) is 0.842. The minimum atomic E-state index is -4.49. The molecular weight excluding hydrogens is 313 g/mol. The average Bonchev–Trinajstić information content (AvgIpc) is 2.46. The lowest BCUT2D eigenvalue weighted by atomic mass is 10.1. The van der Waals surface area contributed by atoms with Crippen LogP contribution < -0.4 is 9.64 Å². The van der Waals surface area contributed by atoms with Crippen LogP contribution in [0.5, 0.6) is 5.88 Å². The molecule has 1 aliphatic rings. The Bertz CT molecular complexity index is 551.